The number of nitrogens with zero attached hydrogens (tertiary/aromatic N) is 5. The maximum Gasteiger partial charge on any atom is 0.573 e. The molecule has 10 heteroatoms. The number of nitrogen functional groups attached to an aromatic ring is 1. The molecule has 4 aliphatic carbocycles. The third-order valence-electron chi connectivity index (χ3n) is 8.37. The van der Waals surface area contributed by atoms with Crippen molar-refractivity contribution >= 4 is 5.82 Å². The third-order valence-corrected chi connectivity index (χ3v) is 8.37. The smallest absolute Gasteiger partial charge is 0.402 e. The Bertz CT molecular complexity index is 1100. The Morgan fingerprint density at radius 2 is 1.94 bits per heavy atom. The number of alkyl halides is 3. The summed E-state index contributed by atoms with van der Waals surface area (Å²) in [7, 11) is 2.18. The van der Waals surface area contributed by atoms with Gasteiger partial charge in [-0.2, -0.15) is 0 Å². The summed E-state index contributed by atoms with van der Waals surface area (Å²) in [5, 5.41) is 0. The molecule has 34 heavy (non-hydrogen) atoms. The minimum Gasteiger partial charge on any atom is -0.402 e. The number of piperazine rings is 1. The van der Waals surface area contributed by atoms with E-state index < -0.39 is 12.1 Å². The quantitative estimate of drug-likeness (QED) is 0.691. The molecule has 1 aliphatic heterocycles. The number of imidazole rings is 1. The summed E-state index contributed by atoms with van der Waals surface area (Å²) in [6.45, 7) is 8.81. The lowest BCUT2D eigenvalue weighted by molar-refractivity contribution is -0.274. The van der Waals surface area contributed by atoms with E-state index in [9.17, 15) is 13.2 Å². The first kappa shape index (κ1) is 22.2. The highest BCUT2D eigenvalue weighted by molar-refractivity contribution is 5.64. The van der Waals surface area contributed by atoms with Crippen LogP contribution in [0.5, 0.6) is 5.75 Å². The molecule has 2 aromatic rings. The van der Waals surface area contributed by atoms with Crippen LogP contribution in [0.2, 0.25) is 0 Å². The number of halogens is 3. The van der Waals surface area contributed by atoms with Gasteiger partial charge in [0.15, 0.2) is 11.6 Å². The Kier molecular flexibility index (Phi) is 4.78. The first-order valence-corrected chi connectivity index (χ1v) is 12.1. The van der Waals surface area contributed by atoms with Crippen LogP contribution in [-0.4, -0.2) is 70.0 Å². The lowest BCUT2D eigenvalue weighted by Crippen LogP contribution is -2.49. The Hall–Kier alpha value is -2.33. The third kappa shape index (κ3) is 3.32. The van der Waals surface area contributed by atoms with Crippen LogP contribution in [0, 0.1) is 23.7 Å². The van der Waals surface area contributed by atoms with Crippen LogP contribution in [0.1, 0.15) is 26.1 Å². The number of anilines is 1. The Morgan fingerprint density at radius 1 is 1.21 bits per heavy atom. The van der Waals surface area contributed by atoms with Gasteiger partial charge in [-0.05, 0) is 37.3 Å². The van der Waals surface area contributed by atoms with Crippen LogP contribution < -0.4 is 10.5 Å². The van der Waals surface area contributed by atoms with Crippen molar-refractivity contribution in [2.24, 2.45) is 23.7 Å². The van der Waals surface area contributed by atoms with Crippen LogP contribution in [-0.2, 0) is 12.0 Å². The standard InChI is InChI=1S/C24H31F3N6O/c1-13(2)8-19-30-16(14-9-18(22(28)29-11-14)34-24(25,26)27)12-33(19)23-15-10-17(21(23)20(15)23)32-6-4-31(3)5-7-32/h9,11-13,15,17,20-21H,4-8,10H2,1-3H3,(H2,28,29)/t15-,17?,20-,21?,23-/m1/s1. The predicted molar refractivity (Wildman–Crippen MR) is 121 cm³/mol. The molecule has 0 aromatic carbocycles. The number of hydrogen-bond donors (Lipinski definition) is 1. The zero-order valence-corrected chi connectivity index (χ0v) is 19.7. The number of aromatic nitrogens is 3. The number of rotatable bonds is 6. The van der Waals surface area contributed by atoms with Crippen molar-refractivity contribution < 1.29 is 17.9 Å². The molecule has 1 saturated heterocycles. The molecule has 5 atom stereocenters. The molecule has 0 spiro atoms. The van der Waals surface area contributed by atoms with Gasteiger partial charge < -0.3 is 19.9 Å². The van der Waals surface area contributed by atoms with Gasteiger partial charge in [0.1, 0.15) is 5.82 Å². The Labute approximate surface area is 197 Å². The second-order valence-electron chi connectivity index (χ2n) is 10.9. The molecule has 2 aromatic heterocycles. The van der Waals surface area contributed by atoms with Crippen LogP contribution in [0.25, 0.3) is 11.3 Å². The van der Waals surface area contributed by atoms with Crippen molar-refractivity contribution in [1.82, 2.24) is 24.3 Å². The highest BCUT2D eigenvalue weighted by Gasteiger charge is 2.93. The van der Waals surface area contributed by atoms with E-state index >= 15 is 0 Å². The topological polar surface area (TPSA) is 72.4 Å². The molecule has 0 radical (unpaired) electrons. The molecular weight excluding hydrogens is 445 g/mol. The van der Waals surface area contributed by atoms with E-state index in [4.69, 9.17) is 10.7 Å². The Morgan fingerprint density at radius 3 is 2.59 bits per heavy atom. The lowest BCUT2D eigenvalue weighted by atomic mass is 10.1. The number of pyridine rings is 1. The maximum atomic E-state index is 12.8. The van der Waals surface area contributed by atoms with E-state index in [0.717, 1.165) is 38.4 Å². The summed E-state index contributed by atoms with van der Waals surface area (Å²) in [4.78, 5) is 13.9. The van der Waals surface area contributed by atoms with E-state index in [1.54, 1.807) is 0 Å². The minimum atomic E-state index is -4.83. The van der Waals surface area contributed by atoms with E-state index in [2.05, 4.69) is 45.0 Å². The van der Waals surface area contributed by atoms with E-state index in [0.29, 0.717) is 41.0 Å². The maximum absolute atomic E-state index is 12.8. The molecule has 4 saturated carbocycles. The van der Waals surface area contributed by atoms with Gasteiger partial charge in [0.05, 0.1) is 11.2 Å². The minimum absolute atomic E-state index is 0.149. The van der Waals surface area contributed by atoms with Crippen molar-refractivity contribution in [3.8, 4) is 17.0 Å². The van der Waals surface area contributed by atoms with Gasteiger partial charge in [0.2, 0.25) is 0 Å². The summed E-state index contributed by atoms with van der Waals surface area (Å²) in [6, 6.07) is 1.92. The van der Waals surface area contributed by atoms with Crippen LogP contribution in [0.4, 0.5) is 19.0 Å². The van der Waals surface area contributed by atoms with Gasteiger partial charge in [-0.15, -0.1) is 13.2 Å². The second-order valence-corrected chi connectivity index (χ2v) is 10.9. The van der Waals surface area contributed by atoms with Gasteiger partial charge in [-0.25, -0.2) is 9.97 Å². The average Bonchev–Trinajstić information content (AvgIpc) is 3.32. The zero-order valence-electron chi connectivity index (χ0n) is 19.7. The van der Waals surface area contributed by atoms with E-state index in [1.165, 1.54) is 18.7 Å². The SMILES string of the molecule is CC(C)Cc1nc(-c2cnc(N)c(OC(F)(F)F)c2)cn1[C@]12C3C(N4CCN(C)CC4)C[C@@H]1[C@H]32. The first-order valence-electron chi connectivity index (χ1n) is 12.1. The molecule has 3 heterocycles. The van der Waals surface area contributed by atoms with Gasteiger partial charge in [-0.3, -0.25) is 4.90 Å². The number of nitrogens with two attached hydrogens (primary N) is 1. The number of hydrogen-bond acceptors (Lipinski definition) is 6. The van der Waals surface area contributed by atoms with Gasteiger partial charge in [-0.1, -0.05) is 13.8 Å². The molecular formula is C24H31F3N6O. The van der Waals surface area contributed by atoms with E-state index in [-0.39, 0.29) is 11.4 Å². The Balaban J connectivity index is 1.30. The number of likely N-dealkylation sites (N-methyl/N-ethyl adjacent to an activating group) is 1. The predicted octanol–water partition coefficient (Wildman–Crippen LogP) is 3.22. The molecule has 2 bridgehead atoms. The molecule has 5 aliphatic rings. The normalized spacial score (nSPS) is 32.8. The monoisotopic (exact) mass is 476 g/mol. The summed E-state index contributed by atoms with van der Waals surface area (Å²) >= 11 is 0. The van der Waals surface area contributed by atoms with Crippen molar-refractivity contribution in [2.75, 3.05) is 39.0 Å². The van der Waals surface area contributed by atoms with Crippen LogP contribution in [0.15, 0.2) is 18.5 Å². The number of ether oxygens (including phenoxy) is 1. The second kappa shape index (κ2) is 7.34. The van der Waals surface area contributed by atoms with Crippen molar-refractivity contribution in [3.05, 3.63) is 24.3 Å². The lowest BCUT2D eigenvalue weighted by Gasteiger charge is -2.36. The summed E-state index contributed by atoms with van der Waals surface area (Å²) in [6.07, 6.45) is 0.729. The van der Waals surface area contributed by atoms with Crippen LogP contribution in [0.3, 0.4) is 0 Å². The molecule has 2 unspecified atom stereocenters. The molecule has 5 fully saturated rings. The molecule has 2 N–H and O–H groups in total. The molecule has 7 rings (SSSR count). The number of fused-ring (bicyclic) bond motifs is 1. The van der Waals surface area contributed by atoms with Gasteiger partial charge in [0.25, 0.3) is 0 Å². The van der Waals surface area contributed by atoms with Crippen LogP contribution >= 0.6 is 0 Å². The zero-order chi connectivity index (χ0) is 24.0. The fraction of sp³-hybridized carbons (Fsp3) is 0.667. The largest absolute Gasteiger partial charge is 0.573 e. The fourth-order valence-electron chi connectivity index (χ4n) is 6.85. The van der Waals surface area contributed by atoms with Crippen molar-refractivity contribution in [3.63, 3.8) is 0 Å². The molecule has 184 valence electrons. The highest BCUT2D eigenvalue weighted by Crippen LogP contribution is 2.89. The van der Waals surface area contributed by atoms with Crippen molar-refractivity contribution in [1.29, 1.82) is 0 Å². The summed E-state index contributed by atoms with van der Waals surface area (Å²) < 4.78 is 44.9. The molecule has 0 amide bonds. The fourth-order valence-corrected chi connectivity index (χ4v) is 6.85. The summed E-state index contributed by atoms with van der Waals surface area (Å²) in [5.74, 6) is 2.69. The molecule has 7 nitrogen and oxygen atoms in total. The first-order chi connectivity index (χ1) is 16.1. The van der Waals surface area contributed by atoms with Crippen molar-refractivity contribution in [2.45, 2.75) is 44.6 Å². The average molecular weight is 477 g/mol. The van der Waals surface area contributed by atoms with E-state index in [1.807, 2.05) is 6.20 Å². The summed E-state index contributed by atoms with van der Waals surface area (Å²) in [5.41, 5.74) is 6.88. The van der Waals surface area contributed by atoms with Gasteiger partial charge >= 0.3 is 6.36 Å². The van der Waals surface area contributed by atoms with Gasteiger partial charge in [0, 0.05) is 62.5 Å². The highest BCUT2D eigenvalue weighted by atomic mass is 19.4.